The van der Waals surface area contributed by atoms with Gasteiger partial charge in [0.15, 0.2) is 0 Å². The highest BCUT2D eigenvalue weighted by molar-refractivity contribution is 7.98. The van der Waals surface area contributed by atoms with E-state index in [0.717, 1.165) is 16.5 Å². The van der Waals surface area contributed by atoms with Crippen LogP contribution in [-0.4, -0.2) is 91.4 Å². The molecular weight excluding hydrogens is 534 g/mol. The lowest BCUT2D eigenvalue weighted by Crippen LogP contribution is -2.57. The van der Waals surface area contributed by atoms with Crippen LogP contribution in [0.3, 0.4) is 0 Å². The molecule has 0 spiro atoms. The number of carbonyl (C=O) groups excluding carboxylic acids is 3. The van der Waals surface area contributed by atoms with E-state index in [0.29, 0.717) is 30.8 Å². The van der Waals surface area contributed by atoms with Crippen LogP contribution in [-0.2, 0) is 32.0 Å². The van der Waals surface area contributed by atoms with E-state index in [2.05, 4.69) is 25.6 Å². The number of aromatic nitrogens is 3. The molecule has 3 heterocycles. The Kier molecular flexibility index (Phi) is 9.83. The van der Waals surface area contributed by atoms with Crippen molar-refractivity contribution >= 4 is 46.4 Å². The van der Waals surface area contributed by atoms with E-state index in [1.807, 2.05) is 30.5 Å². The molecule has 4 unspecified atom stereocenters. The topological polar surface area (TPSA) is 186 Å². The Balaban J connectivity index is 1.51. The van der Waals surface area contributed by atoms with E-state index in [-0.39, 0.29) is 25.2 Å². The fourth-order valence-corrected chi connectivity index (χ4v) is 5.47. The molecule has 1 aliphatic heterocycles. The van der Waals surface area contributed by atoms with Gasteiger partial charge in [-0.1, -0.05) is 18.2 Å². The first-order chi connectivity index (χ1) is 19.3. The summed E-state index contributed by atoms with van der Waals surface area (Å²) in [5.74, 6) is -2.02. The normalized spacial score (nSPS) is 17.4. The summed E-state index contributed by atoms with van der Waals surface area (Å²) in [4.78, 5) is 63.4. The number of thioether (sulfide) groups is 1. The van der Waals surface area contributed by atoms with Gasteiger partial charge in [0.1, 0.15) is 18.1 Å². The average Bonchev–Trinajstić information content (AvgIpc) is 3.71. The quantitative estimate of drug-likeness (QED) is 0.174. The van der Waals surface area contributed by atoms with Crippen molar-refractivity contribution in [3.05, 3.63) is 54.2 Å². The molecule has 4 atom stereocenters. The lowest BCUT2D eigenvalue weighted by Gasteiger charge is -2.28. The van der Waals surface area contributed by atoms with Gasteiger partial charge in [0.25, 0.3) is 0 Å². The Hall–Kier alpha value is -3.84. The highest BCUT2D eigenvalue weighted by Crippen LogP contribution is 2.22. The lowest BCUT2D eigenvalue weighted by atomic mass is 10.0. The standard InChI is InChI=1S/C27H35N7O5S/c1-40-10-8-21(27(38)39)32-24(35)22(11-16-13-30-20-6-3-2-5-18(16)20)33-25(36)23-7-4-9-34(23)26(37)19(28)12-17-14-29-15-31-17/h2-3,5-6,13-15,19,21-23,30H,4,7-12,28H2,1H3,(H,29,31)(H,32,35)(H,33,36)(H,38,39). The minimum absolute atomic E-state index is 0.135. The third-order valence-corrected chi connectivity index (χ3v) is 7.75. The van der Waals surface area contributed by atoms with Crippen LogP contribution in [0.15, 0.2) is 43.0 Å². The smallest absolute Gasteiger partial charge is 0.326 e. The monoisotopic (exact) mass is 569 g/mol. The summed E-state index contributed by atoms with van der Waals surface area (Å²) in [6.45, 7) is 0.378. The van der Waals surface area contributed by atoms with E-state index in [1.54, 1.807) is 12.4 Å². The lowest BCUT2D eigenvalue weighted by molar-refractivity contribution is -0.143. The maximum atomic E-state index is 13.5. The molecule has 1 aliphatic rings. The van der Waals surface area contributed by atoms with Crippen molar-refractivity contribution in [2.24, 2.45) is 5.73 Å². The van der Waals surface area contributed by atoms with Crippen molar-refractivity contribution < 1.29 is 24.3 Å². The third kappa shape index (κ3) is 7.02. The molecule has 40 heavy (non-hydrogen) atoms. The van der Waals surface area contributed by atoms with Crippen molar-refractivity contribution in [3.63, 3.8) is 0 Å². The second-order valence-electron chi connectivity index (χ2n) is 9.88. The number of nitrogens with zero attached hydrogens (tertiary/aromatic N) is 2. The summed E-state index contributed by atoms with van der Waals surface area (Å²) in [5.41, 5.74) is 8.56. The number of hydrogen-bond donors (Lipinski definition) is 6. The number of likely N-dealkylation sites (tertiary alicyclic amines) is 1. The number of imidazole rings is 1. The molecule has 0 radical (unpaired) electrons. The zero-order chi connectivity index (χ0) is 28.6. The Bertz CT molecular complexity index is 1330. The number of aliphatic carboxylic acids is 1. The number of carboxylic acids is 1. The van der Waals surface area contributed by atoms with Gasteiger partial charge in [-0.05, 0) is 42.9 Å². The molecule has 0 aliphatic carbocycles. The molecule has 7 N–H and O–H groups in total. The van der Waals surface area contributed by atoms with Crippen molar-refractivity contribution in [3.8, 4) is 0 Å². The number of para-hydroxylation sites is 1. The number of fused-ring (bicyclic) bond motifs is 1. The molecule has 3 amide bonds. The maximum absolute atomic E-state index is 13.5. The van der Waals surface area contributed by atoms with Crippen molar-refractivity contribution in [1.82, 2.24) is 30.5 Å². The molecular formula is C27H35N7O5S. The van der Waals surface area contributed by atoms with E-state index < -0.39 is 42.0 Å². The van der Waals surface area contributed by atoms with Crippen LogP contribution in [0.5, 0.6) is 0 Å². The SMILES string of the molecule is CSCCC(NC(=O)C(Cc1c[nH]c2ccccc12)NC(=O)C1CCCN1C(=O)C(N)Cc1cnc[nH]1)C(=O)O. The molecule has 1 saturated heterocycles. The predicted molar refractivity (Wildman–Crippen MR) is 152 cm³/mol. The molecule has 2 aromatic heterocycles. The van der Waals surface area contributed by atoms with Gasteiger partial charge < -0.3 is 36.3 Å². The van der Waals surface area contributed by atoms with E-state index in [9.17, 15) is 24.3 Å². The van der Waals surface area contributed by atoms with Crippen LogP contribution in [0.25, 0.3) is 10.9 Å². The molecule has 4 rings (SSSR count). The molecule has 12 nitrogen and oxygen atoms in total. The second-order valence-corrected chi connectivity index (χ2v) is 10.9. The number of carboxylic acid groups (broad SMARTS) is 1. The summed E-state index contributed by atoms with van der Waals surface area (Å²) in [6.07, 6.45) is 8.42. The third-order valence-electron chi connectivity index (χ3n) is 7.11. The number of nitrogens with one attached hydrogen (secondary N) is 4. The minimum Gasteiger partial charge on any atom is -0.480 e. The van der Waals surface area contributed by atoms with E-state index in [4.69, 9.17) is 5.73 Å². The number of hydrogen-bond acceptors (Lipinski definition) is 7. The molecule has 0 bridgehead atoms. The summed E-state index contributed by atoms with van der Waals surface area (Å²) >= 11 is 1.48. The van der Waals surface area contributed by atoms with Crippen molar-refractivity contribution in [2.45, 2.75) is 56.3 Å². The largest absolute Gasteiger partial charge is 0.480 e. The van der Waals surface area contributed by atoms with Crippen LogP contribution >= 0.6 is 11.8 Å². The first kappa shape index (κ1) is 29.2. The summed E-state index contributed by atoms with van der Waals surface area (Å²) < 4.78 is 0. The fourth-order valence-electron chi connectivity index (χ4n) is 5.00. The molecule has 0 saturated carbocycles. The van der Waals surface area contributed by atoms with Crippen LogP contribution in [0.4, 0.5) is 0 Å². The van der Waals surface area contributed by atoms with Gasteiger partial charge >= 0.3 is 5.97 Å². The first-order valence-electron chi connectivity index (χ1n) is 13.2. The van der Waals surface area contributed by atoms with Gasteiger partial charge in [-0.15, -0.1) is 0 Å². The number of carbonyl (C=O) groups is 4. The minimum atomic E-state index is -1.14. The van der Waals surface area contributed by atoms with Gasteiger partial charge in [0.05, 0.1) is 12.4 Å². The second kappa shape index (κ2) is 13.5. The van der Waals surface area contributed by atoms with Gasteiger partial charge in [0, 0.05) is 48.4 Å². The zero-order valence-corrected chi connectivity index (χ0v) is 23.1. The number of aromatic amines is 2. The van der Waals surface area contributed by atoms with Crippen LogP contribution < -0.4 is 16.4 Å². The van der Waals surface area contributed by atoms with Crippen LogP contribution in [0, 0.1) is 0 Å². The highest BCUT2D eigenvalue weighted by Gasteiger charge is 2.38. The zero-order valence-electron chi connectivity index (χ0n) is 22.3. The molecule has 3 aromatic rings. The molecule has 1 fully saturated rings. The van der Waals surface area contributed by atoms with Crippen molar-refractivity contribution in [2.75, 3.05) is 18.6 Å². The highest BCUT2D eigenvalue weighted by atomic mass is 32.2. The summed E-state index contributed by atoms with van der Waals surface area (Å²) in [5, 5.41) is 16.0. The number of benzene rings is 1. The number of amides is 3. The number of rotatable bonds is 13. The Morgan fingerprint density at radius 3 is 2.70 bits per heavy atom. The fraction of sp³-hybridized carbons (Fsp3) is 0.444. The Labute approximate surface area is 235 Å². The molecule has 214 valence electrons. The average molecular weight is 570 g/mol. The van der Waals surface area contributed by atoms with E-state index >= 15 is 0 Å². The molecule has 1 aromatic carbocycles. The van der Waals surface area contributed by atoms with E-state index in [1.165, 1.54) is 23.0 Å². The van der Waals surface area contributed by atoms with Crippen LogP contribution in [0.2, 0.25) is 0 Å². The number of H-pyrrole nitrogens is 2. The van der Waals surface area contributed by atoms with Crippen molar-refractivity contribution in [1.29, 1.82) is 0 Å². The summed E-state index contributed by atoms with van der Waals surface area (Å²) in [7, 11) is 0. The first-order valence-corrected chi connectivity index (χ1v) is 14.6. The van der Waals surface area contributed by atoms with Gasteiger partial charge in [-0.25, -0.2) is 9.78 Å². The predicted octanol–water partition coefficient (Wildman–Crippen LogP) is 0.802. The Morgan fingerprint density at radius 1 is 1.18 bits per heavy atom. The number of nitrogens with two attached hydrogens (primary N) is 1. The van der Waals surface area contributed by atoms with Crippen LogP contribution in [0.1, 0.15) is 30.5 Å². The van der Waals surface area contributed by atoms with Gasteiger partial charge in [-0.3, -0.25) is 14.4 Å². The Morgan fingerprint density at radius 2 is 1.98 bits per heavy atom. The van der Waals surface area contributed by atoms with Gasteiger partial charge in [0.2, 0.25) is 17.7 Å². The summed E-state index contributed by atoms with van der Waals surface area (Å²) in [6, 6.07) is 3.80. The molecule has 13 heteroatoms. The maximum Gasteiger partial charge on any atom is 0.326 e. The van der Waals surface area contributed by atoms with Gasteiger partial charge in [-0.2, -0.15) is 11.8 Å².